The monoisotopic (exact) mass is 312 g/mol. The van der Waals surface area contributed by atoms with Gasteiger partial charge in [0.25, 0.3) is 0 Å². The van der Waals surface area contributed by atoms with Crippen LogP contribution < -0.4 is 5.32 Å². The van der Waals surface area contributed by atoms with Crippen molar-refractivity contribution in [1.29, 1.82) is 0 Å². The van der Waals surface area contributed by atoms with Crippen LogP contribution in [-0.2, 0) is 9.59 Å². The fraction of sp³-hybridized carbons (Fsp3) is 0.875. The van der Waals surface area contributed by atoms with Crippen molar-refractivity contribution in [2.45, 2.75) is 70.2 Å². The Morgan fingerprint density at radius 2 is 2.14 bits per heavy atom. The predicted octanol–water partition coefficient (Wildman–Crippen LogP) is 2.42. The summed E-state index contributed by atoms with van der Waals surface area (Å²) in [5.41, 5.74) is 0. The molecular formula is C16H28N2O2S. The van der Waals surface area contributed by atoms with Crippen molar-refractivity contribution >= 4 is 23.6 Å². The second-order valence-corrected chi connectivity index (χ2v) is 7.94. The zero-order valence-electron chi connectivity index (χ0n) is 13.4. The van der Waals surface area contributed by atoms with Gasteiger partial charge >= 0.3 is 0 Å². The molecule has 21 heavy (non-hydrogen) atoms. The maximum atomic E-state index is 12.7. The molecule has 0 aromatic heterocycles. The molecule has 1 saturated heterocycles. The highest BCUT2D eigenvalue weighted by Gasteiger charge is 2.37. The molecule has 1 aliphatic carbocycles. The van der Waals surface area contributed by atoms with E-state index in [-0.39, 0.29) is 29.8 Å². The number of nitrogens with one attached hydrogen (secondary N) is 1. The molecule has 120 valence electrons. The van der Waals surface area contributed by atoms with Gasteiger partial charge in [0, 0.05) is 24.3 Å². The molecule has 0 spiro atoms. The van der Waals surface area contributed by atoms with E-state index in [1.165, 1.54) is 12.8 Å². The van der Waals surface area contributed by atoms with Crippen molar-refractivity contribution in [2.75, 3.05) is 12.3 Å². The first-order chi connectivity index (χ1) is 10.0. The Morgan fingerprint density at radius 3 is 2.71 bits per heavy atom. The number of hydrogen-bond donors (Lipinski definition) is 1. The van der Waals surface area contributed by atoms with E-state index in [2.05, 4.69) is 12.2 Å². The smallest absolute Gasteiger partial charge is 0.243 e. The van der Waals surface area contributed by atoms with Gasteiger partial charge in [-0.15, -0.1) is 0 Å². The Balaban J connectivity index is 2.00. The third-order valence-electron chi connectivity index (χ3n) is 4.51. The lowest BCUT2D eigenvalue weighted by Crippen LogP contribution is -2.53. The molecule has 5 heteroatoms. The largest absolute Gasteiger partial charge is 0.350 e. The number of likely N-dealkylation sites (tertiary alicyclic amines) is 1. The van der Waals surface area contributed by atoms with Crippen molar-refractivity contribution in [1.82, 2.24) is 10.2 Å². The van der Waals surface area contributed by atoms with Gasteiger partial charge in [-0.3, -0.25) is 9.59 Å². The molecule has 0 unspecified atom stereocenters. The summed E-state index contributed by atoms with van der Waals surface area (Å²) in [6.07, 6.45) is 4.93. The Labute approximate surface area is 132 Å². The number of carbonyl (C=O) groups excluding carboxylic acids is 2. The summed E-state index contributed by atoms with van der Waals surface area (Å²) in [7, 11) is 0. The van der Waals surface area contributed by atoms with E-state index >= 15 is 0 Å². The lowest BCUT2D eigenvalue weighted by molar-refractivity contribution is -0.139. The van der Waals surface area contributed by atoms with Crippen molar-refractivity contribution < 1.29 is 9.59 Å². The maximum absolute atomic E-state index is 12.7. The summed E-state index contributed by atoms with van der Waals surface area (Å²) < 4.78 is 0. The van der Waals surface area contributed by atoms with Gasteiger partial charge in [-0.2, -0.15) is 11.8 Å². The Bertz CT molecular complexity index is 386. The van der Waals surface area contributed by atoms with Crippen molar-refractivity contribution in [3.8, 4) is 0 Å². The second-order valence-electron chi connectivity index (χ2n) is 6.42. The molecule has 3 atom stereocenters. The first-order valence-corrected chi connectivity index (χ1v) is 9.31. The van der Waals surface area contributed by atoms with Gasteiger partial charge in [0.05, 0.1) is 0 Å². The van der Waals surface area contributed by atoms with Gasteiger partial charge in [0.2, 0.25) is 11.8 Å². The van der Waals surface area contributed by atoms with E-state index in [1.54, 1.807) is 4.90 Å². The van der Waals surface area contributed by atoms with Gasteiger partial charge in [0.15, 0.2) is 0 Å². The van der Waals surface area contributed by atoms with Crippen molar-refractivity contribution in [2.24, 2.45) is 5.92 Å². The van der Waals surface area contributed by atoms with Crippen LogP contribution in [0.4, 0.5) is 0 Å². The van der Waals surface area contributed by atoms with E-state index < -0.39 is 0 Å². The van der Waals surface area contributed by atoms with E-state index in [0.29, 0.717) is 11.7 Å². The maximum Gasteiger partial charge on any atom is 0.243 e. The van der Waals surface area contributed by atoms with Gasteiger partial charge < -0.3 is 10.2 Å². The van der Waals surface area contributed by atoms with E-state index in [4.69, 9.17) is 0 Å². The number of hydrogen-bond acceptors (Lipinski definition) is 3. The predicted molar refractivity (Wildman–Crippen MR) is 87.3 cm³/mol. The third-order valence-corrected chi connectivity index (χ3v) is 5.83. The van der Waals surface area contributed by atoms with Crippen LogP contribution in [0.1, 0.15) is 52.9 Å². The summed E-state index contributed by atoms with van der Waals surface area (Å²) in [5.74, 6) is 1.43. The molecule has 2 aliphatic rings. The molecule has 1 heterocycles. The van der Waals surface area contributed by atoms with Crippen LogP contribution >= 0.6 is 11.8 Å². The van der Waals surface area contributed by atoms with Crippen LogP contribution in [0.5, 0.6) is 0 Å². The molecular weight excluding hydrogens is 284 g/mol. The molecule has 1 aliphatic heterocycles. The minimum absolute atomic E-state index is 0.0499. The normalized spacial score (nSPS) is 27.4. The highest BCUT2D eigenvalue weighted by atomic mass is 32.2. The first-order valence-electron chi connectivity index (χ1n) is 8.26. The lowest BCUT2D eigenvalue weighted by atomic mass is 10.0. The molecule has 0 bridgehead atoms. The molecule has 2 fully saturated rings. The number of nitrogens with zero attached hydrogens (tertiary/aromatic N) is 1. The van der Waals surface area contributed by atoms with Gasteiger partial charge in [-0.25, -0.2) is 0 Å². The number of rotatable bonds is 6. The third kappa shape index (κ3) is 3.93. The minimum Gasteiger partial charge on any atom is -0.350 e. The van der Waals surface area contributed by atoms with Crippen LogP contribution in [0.25, 0.3) is 0 Å². The number of amides is 2. The van der Waals surface area contributed by atoms with E-state index in [9.17, 15) is 9.59 Å². The van der Waals surface area contributed by atoms with Crippen molar-refractivity contribution in [3.05, 3.63) is 0 Å². The van der Waals surface area contributed by atoms with Crippen LogP contribution in [0.2, 0.25) is 0 Å². The van der Waals surface area contributed by atoms with Crippen LogP contribution in [0, 0.1) is 5.92 Å². The number of carbonyl (C=O) groups is 2. The zero-order valence-corrected chi connectivity index (χ0v) is 14.2. The van der Waals surface area contributed by atoms with Gasteiger partial charge in [0.1, 0.15) is 6.04 Å². The van der Waals surface area contributed by atoms with Crippen LogP contribution in [0.15, 0.2) is 0 Å². The van der Waals surface area contributed by atoms with Gasteiger partial charge in [-0.1, -0.05) is 27.2 Å². The fourth-order valence-corrected chi connectivity index (χ4v) is 4.74. The summed E-state index contributed by atoms with van der Waals surface area (Å²) in [4.78, 5) is 26.5. The van der Waals surface area contributed by atoms with Crippen molar-refractivity contribution in [3.63, 3.8) is 0 Å². The Kier molecular flexibility index (Phi) is 5.97. The highest BCUT2D eigenvalue weighted by Crippen LogP contribution is 2.30. The minimum atomic E-state index is -0.298. The molecule has 4 nitrogen and oxygen atoms in total. The summed E-state index contributed by atoms with van der Waals surface area (Å²) >= 11 is 1.95. The second kappa shape index (κ2) is 7.52. The highest BCUT2D eigenvalue weighted by molar-refractivity contribution is 7.99. The summed E-state index contributed by atoms with van der Waals surface area (Å²) in [5, 5.41) is 3.78. The molecule has 0 aromatic carbocycles. The molecule has 0 radical (unpaired) electrons. The molecule has 2 amide bonds. The first kappa shape index (κ1) is 16.7. The fourth-order valence-electron chi connectivity index (χ4n) is 3.54. The summed E-state index contributed by atoms with van der Waals surface area (Å²) in [6, 6.07) is -0.0192. The average molecular weight is 312 g/mol. The van der Waals surface area contributed by atoms with Crippen LogP contribution in [0.3, 0.4) is 0 Å². The topological polar surface area (TPSA) is 49.4 Å². The van der Waals surface area contributed by atoms with E-state index in [0.717, 1.165) is 25.1 Å². The van der Waals surface area contributed by atoms with Crippen LogP contribution in [-0.4, -0.2) is 46.3 Å². The quantitative estimate of drug-likeness (QED) is 0.819. The lowest BCUT2D eigenvalue weighted by Gasteiger charge is -2.32. The standard InChI is InChI=1S/C16H28N2O2S/c1-4-21-13-8-5-7-12(13)17-16(20)15(11(2)3)18-10-6-9-14(18)19/h11-13,15H,4-10H2,1-3H3,(H,17,20)/t12-,13+,15+/m0/s1. The van der Waals surface area contributed by atoms with Gasteiger partial charge in [-0.05, 0) is 30.9 Å². The zero-order chi connectivity index (χ0) is 15.4. The molecule has 1 saturated carbocycles. The average Bonchev–Trinajstić information content (AvgIpc) is 3.01. The van der Waals surface area contributed by atoms with E-state index in [1.807, 2.05) is 25.6 Å². The molecule has 1 N–H and O–H groups in total. The Morgan fingerprint density at radius 1 is 1.38 bits per heavy atom. The molecule has 2 rings (SSSR count). The SMILES string of the molecule is CCS[C@@H]1CCC[C@@H]1NC(=O)[C@@H](C(C)C)N1CCCC1=O. The molecule has 0 aromatic rings. The number of thioether (sulfide) groups is 1. The summed E-state index contributed by atoms with van der Waals surface area (Å²) in [6.45, 7) is 6.96. The Hall–Kier alpha value is -0.710.